The van der Waals surface area contributed by atoms with E-state index in [1.807, 2.05) is 6.07 Å². The first-order valence-electron chi connectivity index (χ1n) is 8.81. The SMILES string of the molecule is COc1cc(Br)cc(CNC2C3CC4CC(C3)CC2C4)c1OC. The minimum atomic E-state index is 0.692. The lowest BCUT2D eigenvalue weighted by atomic mass is 9.54. The highest BCUT2D eigenvalue weighted by Crippen LogP contribution is 2.53. The summed E-state index contributed by atoms with van der Waals surface area (Å²) in [5, 5.41) is 3.88. The van der Waals surface area contributed by atoms with Gasteiger partial charge in [0.2, 0.25) is 0 Å². The predicted octanol–water partition coefficient (Wildman–Crippen LogP) is 4.38. The molecule has 4 fully saturated rings. The van der Waals surface area contributed by atoms with Gasteiger partial charge in [-0.2, -0.15) is 0 Å². The van der Waals surface area contributed by atoms with E-state index in [9.17, 15) is 0 Å². The molecule has 23 heavy (non-hydrogen) atoms. The van der Waals surface area contributed by atoms with Crippen LogP contribution in [-0.2, 0) is 6.54 Å². The Bertz CT molecular complexity index is 561. The van der Waals surface area contributed by atoms with E-state index >= 15 is 0 Å². The summed E-state index contributed by atoms with van der Waals surface area (Å²) >= 11 is 3.58. The first-order valence-corrected chi connectivity index (χ1v) is 9.61. The quantitative estimate of drug-likeness (QED) is 0.823. The normalized spacial score (nSPS) is 34.7. The molecule has 1 aromatic carbocycles. The van der Waals surface area contributed by atoms with Crippen molar-refractivity contribution in [3.8, 4) is 11.5 Å². The smallest absolute Gasteiger partial charge is 0.165 e. The number of ether oxygens (including phenoxy) is 2. The van der Waals surface area contributed by atoms with Gasteiger partial charge in [0.1, 0.15) is 0 Å². The van der Waals surface area contributed by atoms with Gasteiger partial charge in [0, 0.05) is 22.6 Å². The van der Waals surface area contributed by atoms with E-state index in [4.69, 9.17) is 9.47 Å². The maximum absolute atomic E-state index is 5.59. The number of nitrogens with one attached hydrogen (secondary N) is 1. The van der Waals surface area contributed by atoms with Crippen LogP contribution < -0.4 is 14.8 Å². The zero-order chi connectivity index (χ0) is 16.0. The van der Waals surface area contributed by atoms with Gasteiger partial charge in [-0.15, -0.1) is 0 Å². The van der Waals surface area contributed by atoms with Gasteiger partial charge in [-0.3, -0.25) is 0 Å². The fraction of sp³-hybridized carbons (Fsp3) is 0.684. The number of hydrogen-bond acceptors (Lipinski definition) is 3. The molecule has 3 nitrogen and oxygen atoms in total. The molecule has 1 aromatic rings. The zero-order valence-electron chi connectivity index (χ0n) is 14.0. The Kier molecular flexibility index (Phi) is 4.31. The first kappa shape index (κ1) is 15.8. The Morgan fingerprint density at radius 1 is 1.00 bits per heavy atom. The average Bonchev–Trinajstić information content (AvgIpc) is 2.53. The second-order valence-electron chi connectivity index (χ2n) is 7.64. The number of halogens is 1. The van der Waals surface area contributed by atoms with Gasteiger partial charge in [0.05, 0.1) is 14.2 Å². The minimum absolute atomic E-state index is 0.692. The van der Waals surface area contributed by atoms with Crippen molar-refractivity contribution in [3.63, 3.8) is 0 Å². The molecule has 4 heteroatoms. The van der Waals surface area contributed by atoms with Crippen LogP contribution in [0.3, 0.4) is 0 Å². The lowest BCUT2D eigenvalue weighted by Crippen LogP contribution is -2.54. The molecule has 4 saturated carbocycles. The second-order valence-corrected chi connectivity index (χ2v) is 8.55. The summed E-state index contributed by atoms with van der Waals surface area (Å²) in [4.78, 5) is 0. The molecule has 0 aliphatic heterocycles. The summed E-state index contributed by atoms with van der Waals surface area (Å²) in [5.41, 5.74) is 1.17. The van der Waals surface area contributed by atoms with Gasteiger partial charge in [-0.05, 0) is 67.9 Å². The van der Waals surface area contributed by atoms with Crippen LogP contribution in [0, 0.1) is 23.7 Å². The fourth-order valence-electron chi connectivity index (χ4n) is 5.62. The van der Waals surface area contributed by atoms with Gasteiger partial charge < -0.3 is 14.8 Å². The summed E-state index contributed by atoms with van der Waals surface area (Å²) in [6, 6.07) is 4.80. The van der Waals surface area contributed by atoms with Gasteiger partial charge in [0.15, 0.2) is 11.5 Å². The van der Waals surface area contributed by atoms with E-state index in [1.165, 1.54) is 37.7 Å². The van der Waals surface area contributed by atoms with Crippen LogP contribution in [0.1, 0.15) is 37.7 Å². The van der Waals surface area contributed by atoms with Crippen LogP contribution in [0.2, 0.25) is 0 Å². The third-order valence-corrected chi connectivity index (χ3v) is 6.73. The molecule has 0 amide bonds. The Hall–Kier alpha value is -0.740. The molecule has 0 saturated heterocycles. The second kappa shape index (κ2) is 6.29. The van der Waals surface area contributed by atoms with Gasteiger partial charge in [-0.1, -0.05) is 15.9 Å². The molecule has 126 valence electrons. The van der Waals surface area contributed by atoms with Crippen LogP contribution in [-0.4, -0.2) is 20.3 Å². The third-order valence-electron chi connectivity index (χ3n) is 6.28. The molecular weight excluding hydrogens is 354 g/mol. The zero-order valence-corrected chi connectivity index (χ0v) is 15.6. The summed E-state index contributed by atoms with van der Waals surface area (Å²) < 4.78 is 12.1. The lowest BCUT2D eigenvalue weighted by Gasteiger charge is -2.54. The third kappa shape index (κ3) is 2.89. The van der Waals surface area contributed by atoms with Crippen LogP contribution in [0.15, 0.2) is 16.6 Å². The lowest BCUT2D eigenvalue weighted by molar-refractivity contribution is -0.0143. The number of benzene rings is 1. The molecule has 4 aliphatic carbocycles. The van der Waals surface area contributed by atoms with Crippen molar-refractivity contribution in [2.45, 2.75) is 44.7 Å². The van der Waals surface area contributed by atoms with Crippen molar-refractivity contribution in [1.29, 1.82) is 0 Å². The summed E-state index contributed by atoms with van der Waals surface area (Å²) in [6.45, 7) is 0.853. The highest BCUT2D eigenvalue weighted by molar-refractivity contribution is 9.10. The Labute approximate surface area is 147 Å². The van der Waals surface area contributed by atoms with E-state index < -0.39 is 0 Å². The van der Waals surface area contributed by atoms with Crippen LogP contribution >= 0.6 is 15.9 Å². The van der Waals surface area contributed by atoms with Gasteiger partial charge >= 0.3 is 0 Å². The Morgan fingerprint density at radius 2 is 1.65 bits per heavy atom. The molecule has 0 radical (unpaired) electrons. The van der Waals surface area contributed by atoms with E-state index in [2.05, 4.69) is 27.3 Å². The van der Waals surface area contributed by atoms with Crippen LogP contribution in [0.5, 0.6) is 11.5 Å². The van der Waals surface area contributed by atoms with Crippen molar-refractivity contribution in [2.75, 3.05) is 14.2 Å². The summed E-state index contributed by atoms with van der Waals surface area (Å²) in [7, 11) is 3.41. The highest BCUT2D eigenvalue weighted by Gasteiger charge is 2.47. The first-order chi connectivity index (χ1) is 11.2. The highest BCUT2D eigenvalue weighted by atomic mass is 79.9. The maximum atomic E-state index is 5.59. The Morgan fingerprint density at radius 3 is 2.22 bits per heavy atom. The van der Waals surface area contributed by atoms with Crippen LogP contribution in [0.4, 0.5) is 0 Å². The molecule has 0 unspecified atom stereocenters. The van der Waals surface area contributed by atoms with E-state index in [-0.39, 0.29) is 0 Å². The molecular formula is C19H26BrNO2. The van der Waals surface area contributed by atoms with Gasteiger partial charge in [0.25, 0.3) is 0 Å². The van der Waals surface area contributed by atoms with E-state index in [0.29, 0.717) is 6.04 Å². The molecule has 4 bridgehead atoms. The molecule has 0 atom stereocenters. The average molecular weight is 380 g/mol. The standard InChI is InChI=1S/C19H26BrNO2/c1-22-17-9-16(20)8-15(19(17)23-2)10-21-18-13-4-11-3-12(6-13)7-14(18)5-11/h8-9,11-14,18,21H,3-7,10H2,1-2H3. The van der Waals surface area contributed by atoms with E-state index in [0.717, 1.165) is 46.2 Å². The molecule has 1 N–H and O–H groups in total. The Balaban J connectivity index is 1.50. The summed E-state index contributed by atoms with van der Waals surface area (Å²) in [6.07, 6.45) is 7.30. The number of rotatable bonds is 5. The minimum Gasteiger partial charge on any atom is -0.493 e. The monoisotopic (exact) mass is 379 g/mol. The molecule has 4 aliphatic rings. The maximum Gasteiger partial charge on any atom is 0.165 e. The molecule has 5 rings (SSSR count). The van der Waals surface area contributed by atoms with Crippen molar-refractivity contribution < 1.29 is 9.47 Å². The van der Waals surface area contributed by atoms with Crippen LogP contribution in [0.25, 0.3) is 0 Å². The predicted molar refractivity (Wildman–Crippen MR) is 94.9 cm³/mol. The van der Waals surface area contributed by atoms with E-state index in [1.54, 1.807) is 14.2 Å². The number of hydrogen-bond donors (Lipinski definition) is 1. The summed E-state index contributed by atoms with van der Waals surface area (Å²) in [5.74, 6) is 5.49. The fourth-order valence-corrected chi connectivity index (χ4v) is 6.11. The van der Waals surface area contributed by atoms with Crippen molar-refractivity contribution >= 4 is 15.9 Å². The van der Waals surface area contributed by atoms with Crippen molar-refractivity contribution in [2.24, 2.45) is 23.7 Å². The molecule has 0 aromatic heterocycles. The molecule has 0 heterocycles. The number of methoxy groups -OCH3 is 2. The topological polar surface area (TPSA) is 30.5 Å². The molecule has 0 spiro atoms. The van der Waals surface area contributed by atoms with Crippen molar-refractivity contribution in [1.82, 2.24) is 5.32 Å². The van der Waals surface area contributed by atoms with Crippen molar-refractivity contribution in [3.05, 3.63) is 22.2 Å². The van der Waals surface area contributed by atoms with Gasteiger partial charge in [-0.25, -0.2) is 0 Å². The largest absolute Gasteiger partial charge is 0.493 e.